The highest BCUT2D eigenvalue weighted by molar-refractivity contribution is 6.50. The first-order chi connectivity index (χ1) is 18.2. The maximum absolute atomic E-state index is 12.7. The van der Waals surface area contributed by atoms with E-state index < -0.39 is 23.1 Å². The average molecular weight is 510 g/mol. The molecule has 4 aromatic carbocycles. The van der Waals surface area contributed by atoms with Gasteiger partial charge in [0, 0.05) is 33.4 Å². The summed E-state index contributed by atoms with van der Waals surface area (Å²) in [6.45, 7) is 0. The number of ketones is 4. The van der Waals surface area contributed by atoms with Gasteiger partial charge in [0.1, 0.15) is 23.0 Å². The first kappa shape index (κ1) is 25.8. The van der Waals surface area contributed by atoms with Crippen molar-refractivity contribution in [2.45, 2.75) is 0 Å². The summed E-state index contributed by atoms with van der Waals surface area (Å²) in [6, 6.07) is 20.0. The number of carbonyl (C=O) groups excluding carboxylic acids is 4. The van der Waals surface area contributed by atoms with Gasteiger partial charge in [-0.05, 0) is 48.5 Å². The number of Topliss-reactive ketones (excluding diaryl/α,β-unsaturated/α-hetero) is 4. The van der Waals surface area contributed by atoms with Crippen molar-refractivity contribution in [2.24, 2.45) is 0 Å². The van der Waals surface area contributed by atoms with Crippen LogP contribution in [0.15, 0.2) is 84.9 Å². The Morgan fingerprint density at radius 3 is 1.16 bits per heavy atom. The Morgan fingerprint density at radius 2 is 0.842 bits per heavy atom. The largest absolute Gasteiger partial charge is 0.507 e. The van der Waals surface area contributed by atoms with Gasteiger partial charge >= 0.3 is 0 Å². The van der Waals surface area contributed by atoms with Crippen molar-refractivity contribution in [2.75, 3.05) is 14.2 Å². The number of methoxy groups -OCH3 is 2. The van der Waals surface area contributed by atoms with Gasteiger partial charge in [0.05, 0.1) is 14.2 Å². The molecule has 0 spiro atoms. The van der Waals surface area contributed by atoms with Crippen LogP contribution in [0.1, 0.15) is 41.4 Å². The lowest BCUT2D eigenvalue weighted by Crippen LogP contribution is -2.14. The van der Waals surface area contributed by atoms with Gasteiger partial charge in [-0.25, -0.2) is 0 Å². The molecule has 38 heavy (non-hydrogen) atoms. The van der Waals surface area contributed by atoms with Gasteiger partial charge in [-0.15, -0.1) is 0 Å². The molecule has 0 bridgehead atoms. The van der Waals surface area contributed by atoms with E-state index in [2.05, 4.69) is 0 Å². The van der Waals surface area contributed by atoms with Gasteiger partial charge < -0.3 is 19.7 Å². The smallest absolute Gasteiger partial charge is 0.233 e. The Morgan fingerprint density at radius 1 is 0.500 bits per heavy atom. The standard InChI is InChI=1S/C30H22O8/c1-37-21-7-3-5-17(13-21)27(33)29(35)19-9-11-23(25(31)15-19)24-12-10-20(16-26(24)32)30(36)28(34)18-6-4-8-22(14-18)38-2/h3-16,31-32H,1-2H3. The summed E-state index contributed by atoms with van der Waals surface area (Å²) in [5.74, 6) is -3.10. The van der Waals surface area contributed by atoms with Crippen molar-refractivity contribution < 1.29 is 38.9 Å². The molecule has 0 unspecified atom stereocenters. The Labute approximate surface area is 217 Å². The third kappa shape index (κ3) is 5.15. The molecule has 8 heteroatoms. The van der Waals surface area contributed by atoms with Crippen LogP contribution >= 0.6 is 0 Å². The Balaban J connectivity index is 1.57. The summed E-state index contributed by atoms with van der Waals surface area (Å²) >= 11 is 0. The fourth-order valence-corrected chi connectivity index (χ4v) is 3.85. The zero-order chi connectivity index (χ0) is 27.4. The number of phenols is 2. The molecule has 8 nitrogen and oxygen atoms in total. The lowest BCUT2D eigenvalue weighted by molar-refractivity contribution is 0.0816. The van der Waals surface area contributed by atoms with Crippen molar-refractivity contribution in [3.63, 3.8) is 0 Å². The van der Waals surface area contributed by atoms with Crippen LogP contribution in [0.4, 0.5) is 0 Å². The molecule has 0 radical (unpaired) electrons. The van der Waals surface area contributed by atoms with E-state index in [-0.39, 0.29) is 44.9 Å². The lowest BCUT2D eigenvalue weighted by atomic mass is 9.95. The highest BCUT2D eigenvalue weighted by Gasteiger charge is 2.23. The summed E-state index contributed by atoms with van der Waals surface area (Å²) in [7, 11) is 2.89. The summed E-state index contributed by atoms with van der Waals surface area (Å²) in [5, 5.41) is 21.2. The second-order valence-electron chi connectivity index (χ2n) is 8.24. The fourth-order valence-electron chi connectivity index (χ4n) is 3.85. The number of aromatic hydroxyl groups is 2. The molecule has 0 atom stereocenters. The molecule has 0 amide bonds. The molecule has 0 aliphatic heterocycles. The summed E-state index contributed by atoms with van der Waals surface area (Å²) in [4.78, 5) is 50.7. The molecule has 4 aromatic rings. The molecule has 0 fully saturated rings. The van der Waals surface area contributed by atoms with E-state index in [9.17, 15) is 29.4 Å². The second kappa shape index (κ2) is 10.8. The SMILES string of the molecule is COc1cccc(C(=O)C(=O)c2ccc(-c3ccc(C(=O)C(=O)c4cccc(OC)c4)cc3O)c(O)c2)c1. The van der Waals surface area contributed by atoms with Crippen LogP contribution in [0.2, 0.25) is 0 Å². The van der Waals surface area contributed by atoms with Crippen molar-refractivity contribution in [3.8, 4) is 34.1 Å². The Kier molecular flexibility index (Phi) is 7.34. The number of benzene rings is 4. The third-order valence-electron chi connectivity index (χ3n) is 5.89. The van der Waals surface area contributed by atoms with Crippen LogP contribution < -0.4 is 9.47 Å². The van der Waals surface area contributed by atoms with Crippen molar-refractivity contribution in [3.05, 3.63) is 107 Å². The Hall–Kier alpha value is -5.24. The summed E-state index contributed by atoms with van der Waals surface area (Å²) < 4.78 is 10.2. The van der Waals surface area contributed by atoms with Gasteiger partial charge in [-0.1, -0.05) is 36.4 Å². The molecule has 0 heterocycles. The van der Waals surface area contributed by atoms with Gasteiger partial charge in [0.2, 0.25) is 23.1 Å². The molecule has 4 rings (SSSR count). The number of rotatable bonds is 9. The van der Waals surface area contributed by atoms with E-state index in [0.717, 1.165) is 12.1 Å². The van der Waals surface area contributed by atoms with Crippen LogP contribution in [0.5, 0.6) is 23.0 Å². The van der Waals surface area contributed by atoms with Crippen LogP contribution in [0.25, 0.3) is 11.1 Å². The minimum Gasteiger partial charge on any atom is -0.507 e. The topological polar surface area (TPSA) is 127 Å². The van der Waals surface area contributed by atoms with E-state index >= 15 is 0 Å². The maximum atomic E-state index is 12.7. The predicted octanol–water partition coefficient (Wildman–Crippen LogP) is 4.91. The van der Waals surface area contributed by atoms with Gasteiger partial charge in [-0.2, -0.15) is 0 Å². The van der Waals surface area contributed by atoms with Crippen LogP contribution in [-0.2, 0) is 0 Å². The first-order valence-electron chi connectivity index (χ1n) is 11.4. The molecule has 0 aliphatic rings. The summed E-state index contributed by atoms with van der Waals surface area (Å²) in [5.41, 5.74) is 0.499. The molecular formula is C30H22O8. The Bertz CT molecular complexity index is 1470. The normalized spacial score (nSPS) is 10.5. The quantitative estimate of drug-likeness (QED) is 0.240. The van der Waals surface area contributed by atoms with Crippen LogP contribution in [-0.4, -0.2) is 47.6 Å². The number of hydrogen-bond acceptors (Lipinski definition) is 8. The first-order valence-corrected chi connectivity index (χ1v) is 11.4. The molecule has 0 saturated carbocycles. The van der Waals surface area contributed by atoms with E-state index in [1.54, 1.807) is 24.3 Å². The molecule has 190 valence electrons. The van der Waals surface area contributed by atoms with Crippen molar-refractivity contribution >= 4 is 23.1 Å². The van der Waals surface area contributed by atoms with Gasteiger partial charge in [0.25, 0.3) is 0 Å². The van der Waals surface area contributed by atoms with Crippen LogP contribution in [0, 0.1) is 0 Å². The van der Waals surface area contributed by atoms with Gasteiger partial charge in [-0.3, -0.25) is 19.2 Å². The van der Waals surface area contributed by atoms with E-state index in [4.69, 9.17) is 9.47 Å². The highest BCUT2D eigenvalue weighted by atomic mass is 16.5. The molecular weight excluding hydrogens is 488 g/mol. The molecule has 0 aliphatic carbocycles. The predicted molar refractivity (Wildman–Crippen MR) is 139 cm³/mol. The zero-order valence-corrected chi connectivity index (χ0v) is 20.4. The van der Waals surface area contributed by atoms with E-state index in [1.807, 2.05) is 0 Å². The lowest BCUT2D eigenvalue weighted by Gasteiger charge is -2.10. The number of hydrogen-bond donors (Lipinski definition) is 2. The summed E-state index contributed by atoms with van der Waals surface area (Å²) in [6.07, 6.45) is 0. The minimum absolute atomic E-state index is 0.0470. The zero-order valence-electron chi connectivity index (χ0n) is 20.4. The molecule has 0 aromatic heterocycles. The van der Waals surface area contributed by atoms with Crippen molar-refractivity contribution in [1.29, 1.82) is 0 Å². The minimum atomic E-state index is -0.832. The number of ether oxygens (including phenoxy) is 2. The fraction of sp³-hybridized carbons (Fsp3) is 0.0667. The monoisotopic (exact) mass is 510 g/mol. The third-order valence-corrected chi connectivity index (χ3v) is 5.89. The van der Waals surface area contributed by atoms with E-state index in [0.29, 0.717) is 11.5 Å². The maximum Gasteiger partial charge on any atom is 0.233 e. The highest BCUT2D eigenvalue weighted by Crippen LogP contribution is 2.37. The van der Waals surface area contributed by atoms with Crippen LogP contribution in [0.3, 0.4) is 0 Å². The number of phenolic OH excluding ortho intramolecular Hbond substituents is 2. The van der Waals surface area contributed by atoms with Gasteiger partial charge in [0.15, 0.2) is 0 Å². The number of carbonyl (C=O) groups is 4. The molecule has 2 N–H and O–H groups in total. The van der Waals surface area contributed by atoms with Crippen molar-refractivity contribution in [1.82, 2.24) is 0 Å². The van der Waals surface area contributed by atoms with E-state index in [1.165, 1.54) is 62.8 Å². The molecule has 0 saturated heterocycles. The average Bonchev–Trinajstić information content (AvgIpc) is 2.95. The second-order valence-corrected chi connectivity index (χ2v) is 8.24.